The van der Waals surface area contributed by atoms with Crippen molar-refractivity contribution in [2.75, 3.05) is 7.11 Å². The zero-order chi connectivity index (χ0) is 14.0. The lowest BCUT2D eigenvalue weighted by molar-refractivity contribution is -0.112. The van der Waals surface area contributed by atoms with E-state index in [0.29, 0.717) is 16.7 Å². The quantitative estimate of drug-likeness (QED) is 0.520. The number of hydrogen-bond donors (Lipinski definition) is 1. The summed E-state index contributed by atoms with van der Waals surface area (Å²) in [4.78, 5) is 22.6. The summed E-state index contributed by atoms with van der Waals surface area (Å²) in [7, 11) is 1.52. The Bertz CT molecular complexity index is 724. The van der Waals surface area contributed by atoms with Crippen molar-refractivity contribution in [2.45, 2.75) is 6.92 Å². The van der Waals surface area contributed by atoms with Crippen LogP contribution in [-0.4, -0.2) is 18.0 Å². The van der Waals surface area contributed by atoms with E-state index in [-0.39, 0.29) is 11.3 Å². The minimum Gasteiger partial charge on any atom is -0.507 e. The molecule has 5 nitrogen and oxygen atoms in total. The van der Waals surface area contributed by atoms with Crippen LogP contribution in [0.4, 0.5) is 0 Å². The smallest absolute Gasteiger partial charge is 0.347 e. The van der Waals surface area contributed by atoms with Crippen LogP contribution in [0.1, 0.15) is 12.5 Å². The van der Waals surface area contributed by atoms with Crippen molar-refractivity contribution in [3.63, 3.8) is 0 Å². The lowest BCUT2D eigenvalue weighted by Gasteiger charge is -2.03. The van der Waals surface area contributed by atoms with Gasteiger partial charge in [-0.2, -0.15) is 0 Å². The van der Waals surface area contributed by atoms with E-state index in [1.807, 2.05) is 0 Å². The van der Waals surface area contributed by atoms with Crippen LogP contribution in [-0.2, 0) is 4.79 Å². The predicted molar refractivity (Wildman–Crippen MR) is 70.3 cm³/mol. The predicted octanol–water partition coefficient (Wildman–Crippen LogP) is 2.29. The zero-order valence-electron chi connectivity index (χ0n) is 10.5. The summed E-state index contributed by atoms with van der Waals surface area (Å²) in [6.07, 6.45) is 0.970. The number of ketones is 1. The number of ether oxygens (including phenoxy) is 1. The Morgan fingerprint density at radius 3 is 2.74 bits per heavy atom. The lowest BCUT2D eigenvalue weighted by atomic mass is 10.1. The van der Waals surface area contributed by atoms with Gasteiger partial charge in [0.25, 0.3) is 0 Å². The molecule has 0 atom stereocenters. The van der Waals surface area contributed by atoms with Crippen molar-refractivity contribution in [2.24, 2.45) is 0 Å². The Balaban J connectivity index is 2.66. The SMILES string of the molecule is COc1ccc2oc(=O)c(/C(O)=C/C(C)=O)cc2c1. The average Bonchev–Trinajstić information content (AvgIpc) is 2.36. The van der Waals surface area contributed by atoms with Gasteiger partial charge in [0.05, 0.1) is 7.11 Å². The van der Waals surface area contributed by atoms with Crippen LogP contribution in [0.15, 0.2) is 39.6 Å². The molecule has 0 aliphatic heterocycles. The first-order valence-electron chi connectivity index (χ1n) is 5.55. The molecule has 0 saturated heterocycles. The van der Waals surface area contributed by atoms with E-state index in [1.54, 1.807) is 18.2 Å². The molecule has 98 valence electrons. The van der Waals surface area contributed by atoms with E-state index in [0.717, 1.165) is 6.08 Å². The molecule has 0 aliphatic rings. The number of carbonyl (C=O) groups is 1. The monoisotopic (exact) mass is 260 g/mol. The molecule has 0 unspecified atom stereocenters. The molecule has 0 spiro atoms. The van der Waals surface area contributed by atoms with E-state index in [4.69, 9.17) is 9.15 Å². The first-order valence-corrected chi connectivity index (χ1v) is 5.55. The maximum atomic E-state index is 11.7. The number of aliphatic hydroxyl groups is 1. The molecule has 2 rings (SSSR count). The Hall–Kier alpha value is -2.56. The van der Waals surface area contributed by atoms with Crippen molar-refractivity contribution in [1.29, 1.82) is 0 Å². The van der Waals surface area contributed by atoms with Crippen molar-refractivity contribution >= 4 is 22.5 Å². The van der Waals surface area contributed by atoms with Crippen LogP contribution in [0, 0.1) is 0 Å². The molecule has 2 aromatic rings. The topological polar surface area (TPSA) is 76.7 Å². The largest absolute Gasteiger partial charge is 0.507 e. The van der Waals surface area contributed by atoms with Gasteiger partial charge in [0.1, 0.15) is 22.7 Å². The Labute approximate surface area is 108 Å². The van der Waals surface area contributed by atoms with Crippen LogP contribution in [0.5, 0.6) is 5.75 Å². The van der Waals surface area contributed by atoms with E-state index in [9.17, 15) is 14.7 Å². The van der Waals surface area contributed by atoms with Crippen molar-refractivity contribution < 1.29 is 19.1 Å². The van der Waals surface area contributed by atoms with Crippen LogP contribution in [0.3, 0.4) is 0 Å². The van der Waals surface area contributed by atoms with Gasteiger partial charge in [-0.15, -0.1) is 0 Å². The number of rotatable bonds is 3. The van der Waals surface area contributed by atoms with E-state index in [2.05, 4.69) is 0 Å². The van der Waals surface area contributed by atoms with Crippen LogP contribution < -0.4 is 10.4 Å². The highest BCUT2D eigenvalue weighted by atomic mass is 16.5. The van der Waals surface area contributed by atoms with Crippen molar-refractivity contribution in [3.8, 4) is 5.75 Å². The number of fused-ring (bicyclic) bond motifs is 1. The van der Waals surface area contributed by atoms with Gasteiger partial charge in [0.2, 0.25) is 0 Å². The fourth-order valence-corrected chi connectivity index (χ4v) is 1.68. The zero-order valence-corrected chi connectivity index (χ0v) is 10.5. The third kappa shape index (κ3) is 2.65. The van der Waals surface area contributed by atoms with Crippen molar-refractivity contribution in [3.05, 3.63) is 46.3 Å². The summed E-state index contributed by atoms with van der Waals surface area (Å²) in [5.74, 6) is -0.170. The molecule has 0 bridgehead atoms. The lowest BCUT2D eigenvalue weighted by Crippen LogP contribution is -2.07. The van der Waals surface area contributed by atoms with Gasteiger partial charge < -0.3 is 14.3 Å². The molecular formula is C14H12O5. The number of methoxy groups -OCH3 is 1. The number of carbonyl (C=O) groups excluding carboxylic acids is 1. The maximum absolute atomic E-state index is 11.7. The molecule has 0 radical (unpaired) electrons. The second kappa shape index (κ2) is 4.97. The van der Waals surface area contributed by atoms with E-state index < -0.39 is 11.4 Å². The van der Waals surface area contributed by atoms with Gasteiger partial charge in [0, 0.05) is 11.5 Å². The van der Waals surface area contributed by atoms with Gasteiger partial charge in [-0.25, -0.2) is 4.79 Å². The van der Waals surface area contributed by atoms with E-state index in [1.165, 1.54) is 20.1 Å². The van der Waals surface area contributed by atoms with Crippen LogP contribution >= 0.6 is 0 Å². The molecule has 1 heterocycles. The molecule has 0 fully saturated rings. The minimum atomic E-state index is -0.701. The van der Waals surface area contributed by atoms with Crippen LogP contribution in [0.2, 0.25) is 0 Å². The molecule has 1 aromatic heterocycles. The Morgan fingerprint density at radius 1 is 1.37 bits per heavy atom. The van der Waals surface area contributed by atoms with Gasteiger partial charge in [-0.05, 0) is 31.2 Å². The van der Waals surface area contributed by atoms with Crippen molar-refractivity contribution in [1.82, 2.24) is 0 Å². The van der Waals surface area contributed by atoms with Gasteiger partial charge in [-0.1, -0.05) is 0 Å². The standard InChI is InChI=1S/C14H12O5/c1-8(15)5-12(16)11-7-9-6-10(18-2)3-4-13(9)19-14(11)17/h3-7,16H,1-2H3/b12-5-. The highest BCUT2D eigenvalue weighted by molar-refractivity contribution is 5.94. The number of hydrogen-bond acceptors (Lipinski definition) is 5. The first kappa shape index (κ1) is 12.9. The highest BCUT2D eigenvalue weighted by Crippen LogP contribution is 2.21. The van der Waals surface area contributed by atoms with Gasteiger partial charge >= 0.3 is 5.63 Å². The molecule has 1 aromatic carbocycles. The van der Waals surface area contributed by atoms with E-state index >= 15 is 0 Å². The summed E-state index contributed by atoms with van der Waals surface area (Å²) in [6, 6.07) is 6.39. The van der Waals surface area contributed by atoms with Gasteiger partial charge in [-0.3, -0.25) is 4.79 Å². The molecule has 5 heteroatoms. The summed E-state index contributed by atoms with van der Waals surface area (Å²) >= 11 is 0. The molecule has 19 heavy (non-hydrogen) atoms. The third-order valence-corrected chi connectivity index (χ3v) is 2.56. The van der Waals surface area contributed by atoms with Gasteiger partial charge in [0.15, 0.2) is 5.78 Å². The Morgan fingerprint density at radius 2 is 2.11 bits per heavy atom. The maximum Gasteiger partial charge on any atom is 0.347 e. The fraction of sp³-hybridized carbons (Fsp3) is 0.143. The third-order valence-electron chi connectivity index (χ3n) is 2.56. The summed E-state index contributed by atoms with van der Waals surface area (Å²) in [6.45, 7) is 1.28. The normalized spacial score (nSPS) is 11.6. The molecular weight excluding hydrogens is 248 g/mol. The van der Waals surface area contributed by atoms with Crippen LogP contribution in [0.25, 0.3) is 16.7 Å². The average molecular weight is 260 g/mol. The molecule has 1 N–H and O–H groups in total. The summed E-state index contributed by atoms with van der Waals surface area (Å²) < 4.78 is 10.1. The summed E-state index contributed by atoms with van der Waals surface area (Å²) in [5, 5.41) is 10.3. The number of benzene rings is 1. The Kier molecular flexibility index (Phi) is 3.37. The molecule has 0 saturated carbocycles. The highest BCUT2D eigenvalue weighted by Gasteiger charge is 2.10. The number of allylic oxidation sites excluding steroid dienone is 1. The minimum absolute atomic E-state index is 0.0593. The first-order chi connectivity index (χ1) is 9.01. The molecule has 0 amide bonds. The number of aliphatic hydroxyl groups excluding tert-OH is 1. The fourth-order valence-electron chi connectivity index (χ4n) is 1.68. The summed E-state index contributed by atoms with van der Waals surface area (Å²) in [5.41, 5.74) is -0.381. The molecule has 0 aliphatic carbocycles. The second-order valence-electron chi connectivity index (χ2n) is 3.99. The second-order valence-corrected chi connectivity index (χ2v) is 3.99.